The summed E-state index contributed by atoms with van der Waals surface area (Å²) in [6.07, 6.45) is -0.434. The van der Waals surface area contributed by atoms with Crippen LogP contribution in [0.15, 0.2) is 53.7 Å². The molecule has 0 aliphatic heterocycles. The fourth-order valence-electron chi connectivity index (χ4n) is 1.68. The van der Waals surface area contributed by atoms with Gasteiger partial charge in [-0.25, -0.2) is 9.78 Å². The predicted octanol–water partition coefficient (Wildman–Crippen LogP) is 4.17. The van der Waals surface area contributed by atoms with Gasteiger partial charge in [0.2, 0.25) is 0 Å². The first kappa shape index (κ1) is 17.1. The lowest BCUT2D eigenvalue weighted by atomic mass is 10.1. The molecule has 2 rings (SSSR count). The fourth-order valence-corrected chi connectivity index (χ4v) is 3.73. The van der Waals surface area contributed by atoms with E-state index in [4.69, 9.17) is 9.84 Å². The number of benzene rings is 1. The molecule has 0 aliphatic rings. The number of nitro benzene ring substituents is 1. The summed E-state index contributed by atoms with van der Waals surface area (Å²) >= 11 is 0. The Hall–Kier alpha value is -2.26. The van der Waals surface area contributed by atoms with E-state index in [1.54, 1.807) is 6.20 Å². The summed E-state index contributed by atoms with van der Waals surface area (Å²) < 4.78 is 4.87. The van der Waals surface area contributed by atoms with Crippen molar-refractivity contribution >= 4 is 33.4 Å². The third-order valence-electron chi connectivity index (χ3n) is 2.72. The van der Waals surface area contributed by atoms with Crippen molar-refractivity contribution in [2.75, 3.05) is 5.75 Å². The van der Waals surface area contributed by atoms with Crippen LogP contribution in [0.4, 0.5) is 10.5 Å². The van der Waals surface area contributed by atoms with Crippen molar-refractivity contribution in [3.8, 4) is 0 Å². The van der Waals surface area contributed by atoms with E-state index in [0.29, 0.717) is 11.3 Å². The molecule has 0 aliphatic carbocycles. The lowest BCUT2D eigenvalue weighted by molar-refractivity contribution is -0.384. The molecule has 0 radical (unpaired) electrons. The van der Waals surface area contributed by atoms with Crippen LogP contribution in [-0.2, 0) is 4.74 Å². The highest BCUT2D eigenvalue weighted by Gasteiger charge is 2.18. The molecule has 1 aromatic heterocycles. The second kappa shape index (κ2) is 8.39. The van der Waals surface area contributed by atoms with Crippen LogP contribution in [0.2, 0.25) is 0 Å². The van der Waals surface area contributed by atoms with E-state index in [9.17, 15) is 14.9 Å². The molecule has 1 aromatic carbocycles. The van der Waals surface area contributed by atoms with Gasteiger partial charge in [0, 0.05) is 24.1 Å². The molecule has 0 spiro atoms. The van der Waals surface area contributed by atoms with Crippen molar-refractivity contribution < 1.29 is 19.6 Å². The number of nitrogens with zero attached hydrogens (tertiary/aromatic N) is 2. The number of nitro groups is 1. The minimum Gasteiger partial charge on any atom is -0.450 e. The van der Waals surface area contributed by atoms with Gasteiger partial charge in [0.15, 0.2) is 0 Å². The number of carbonyl (C=O) groups is 1. The number of aromatic nitrogens is 1. The summed E-state index contributed by atoms with van der Waals surface area (Å²) in [5.41, 5.74) is 0.505. The first-order valence-electron chi connectivity index (χ1n) is 6.40. The monoisotopic (exact) mass is 352 g/mol. The van der Waals surface area contributed by atoms with Crippen LogP contribution in [-0.4, -0.2) is 26.9 Å². The van der Waals surface area contributed by atoms with E-state index in [1.807, 2.05) is 18.2 Å². The van der Waals surface area contributed by atoms with Crippen LogP contribution in [0.1, 0.15) is 11.7 Å². The maximum atomic E-state index is 10.8. The minimum absolute atomic E-state index is 0.0571. The van der Waals surface area contributed by atoms with Gasteiger partial charge in [-0.15, -0.1) is 0 Å². The SMILES string of the molecule is O=C(O)OC(CSSc1ccccn1)c1ccc([N+](=O)[O-])cc1. The number of non-ortho nitro benzene ring substituents is 1. The molecule has 0 fully saturated rings. The van der Waals surface area contributed by atoms with E-state index in [1.165, 1.54) is 45.9 Å². The predicted molar refractivity (Wildman–Crippen MR) is 87.5 cm³/mol. The van der Waals surface area contributed by atoms with E-state index in [0.717, 1.165) is 5.03 Å². The number of ether oxygens (including phenoxy) is 1. The zero-order valence-electron chi connectivity index (χ0n) is 11.7. The molecule has 23 heavy (non-hydrogen) atoms. The molecule has 9 heteroatoms. The Morgan fingerprint density at radius 3 is 2.61 bits per heavy atom. The molecule has 0 amide bonds. The van der Waals surface area contributed by atoms with Crippen molar-refractivity contribution in [1.82, 2.24) is 4.98 Å². The standard InChI is InChI=1S/C14H12N2O5S2/c17-14(18)21-12(9-22-23-13-3-1-2-8-15-13)10-4-6-11(7-5-10)16(19)20/h1-8,12H,9H2,(H,17,18). The van der Waals surface area contributed by atoms with Crippen LogP contribution < -0.4 is 0 Å². The largest absolute Gasteiger partial charge is 0.506 e. The summed E-state index contributed by atoms with van der Waals surface area (Å²) in [5, 5.41) is 20.3. The third-order valence-corrected chi connectivity index (χ3v) is 4.96. The van der Waals surface area contributed by atoms with Crippen LogP contribution in [0.5, 0.6) is 0 Å². The molecule has 1 unspecified atom stereocenters. The highest BCUT2D eigenvalue weighted by atomic mass is 33.1. The molecule has 0 bridgehead atoms. The lowest BCUT2D eigenvalue weighted by Gasteiger charge is -2.15. The molecule has 0 saturated heterocycles. The van der Waals surface area contributed by atoms with Crippen LogP contribution in [0.25, 0.3) is 0 Å². The molecule has 120 valence electrons. The van der Waals surface area contributed by atoms with E-state index < -0.39 is 17.2 Å². The highest BCUT2D eigenvalue weighted by molar-refractivity contribution is 8.76. The van der Waals surface area contributed by atoms with Crippen LogP contribution >= 0.6 is 21.6 Å². The summed E-state index contributed by atoms with van der Waals surface area (Å²) in [7, 11) is 2.80. The minimum atomic E-state index is -1.39. The summed E-state index contributed by atoms with van der Waals surface area (Å²) in [5.74, 6) is 0.353. The van der Waals surface area contributed by atoms with Crippen molar-refractivity contribution in [2.24, 2.45) is 0 Å². The maximum Gasteiger partial charge on any atom is 0.506 e. The Labute approximate surface area is 139 Å². The van der Waals surface area contributed by atoms with Crippen molar-refractivity contribution in [1.29, 1.82) is 0 Å². The molecular weight excluding hydrogens is 340 g/mol. The molecular formula is C14H12N2O5S2. The lowest BCUT2D eigenvalue weighted by Crippen LogP contribution is -2.11. The average molecular weight is 352 g/mol. The number of carboxylic acid groups (broad SMARTS) is 1. The van der Waals surface area contributed by atoms with Gasteiger partial charge >= 0.3 is 6.16 Å². The number of rotatable bonds is 7. The normalized spacial score (nSPS) is 11.7. The zero-order valence-corrected chi connectivity index (χ0v) is 13.3. The van der Waals surface area contributed by atoms with E-state index in [-0.39, 0.29) is 5.69 Å². The van der Waals surface area contributed by atoms with Crippen LogP contribution in [0, 0.1) is 10.1 Å². The van der Waals surface area contributed by atoms with Gasteiger partial charge < -0.3 is 9.84 Å². The molecule has 7 nitrogen and oxygen atoms in total. The van der Waals surface area contributed by atoms with Gasteiger partial charge in [-0.05, 0) is 40.6 Å². The van der Waals surface area contributed by atoms with Gasteiger partial charge in [0.25, 0.3) is 5.69 Å². The molecule has 2 aromatic rings. The van der Waals surface area contributed by atoms with Gasteiger partial charge in [-0.3, -0.25) is 10.1 Å². The molecule has 0 saturated carbocycles. The Morgan fingerprint density at radius 1 is 1.30 bits per heavy atom. The smallest absolute Gasteiger partial charge is 0.450 e. The Balaban J connectivity index is 2.01. The van der Waals surface area contributed by atoms with Crippen molar-refractivity contribution in [3.63, 3.8) is 0 Å². The van der Waals surface area contributed by atoms with Crippen molar-refractivity contribution in [3.05, 3.63) is 64.3 Å². The summed E-state index contributed by atoms with van der Waals surface area (Å²) in [6.45, 7) is 0. The Morgan fingerprint density at radius 2 is 2.04 bits per heavy atom. The number of pyridine rings is 1. The molecule has 1 N–H and O–H groups in total. The Bertz CT molecular complexity index is 667. The van der Waals surface area contributed by atoms with Gasteiger partial charge in [0.05, 0.1) is 4.92 Å². The summed E-state index contributed by atoms with van der Waals surface area (Å²) in [4.78, 5) is 25.1. The van der Waals surface area contributed by atoms with E-state index >= 15 is 0 Å². The third kappa shape index (κ3) is 5.46. The molecule has 1 atom stereocenters. The summed E-state index contributed by atoms with van der Waals surface area (Å²) in [6, 6.07) is 11.2. The number of hydrogen-bond acceptors (Lipinski definition) is 7. The second-order valence-electron chi connectivity index (χ2n) is 4.26. The highest BCUT2D eigenvalue weighted by Crippen LogP contribution is 2.34. The fraction of sp³-hybridized carbons (Fsp3) is 0.143. The Kier molecular flexibility index (Phi) is 6.24. The van der Waals surface area contributed by atoms with Crippen LogP contribution in [0.3, 0.4) is 0 Å². The quantitative estimate of drug-likeness (QED) is 0.343. The number of hydrogen-bond donors (Lipinski definition) is 1. The average Bonchev–Trinajstić information content (AvgIpc) is 2.54. The molecule has 1 heterocycles. The second-order valence-corrected chi connectivity index (χ2v) is 6.62. The first-order valence-corrected chi connectivity index (χ1v) is 8.72. The van der Waals surface area contributed by atoms with Crippen molar-refractivity contribution in [2.45, 2.75) is 11.1 Å². The van der Waals surface area contributed by atoms with Gasteiger partial charge in [0.1, 0.15) is 11.1 Å². The van der Waals surface area contributed by atoms with Gasteiger partial charge in [-0.2, -0.15) is 0 Å². The maximum absolute atomic E-state index is 10.8. The zero-order chi connectivity index (χ0) is 16.7. The van der Waals surface area contributed by atoms with Gasteiger partial charge in [-0.1, -0.05) is 16.9 Å². The van der Waals surface area contributed by atoms with E-state index in [2.05, 4.69) is 4.98 Å². The first-order chi connectivity index (χ1) is 11.1. The topological polar surface area (TPSA) is 103 Å².